The van der Waals surface area contributed by atoms with E-state index in [0.29, 0.717) is 23.7 Å². The lowest BCUT2D eigenvalue weighted by molar-refractivity contribution is -0.443. The Kier molecular flexibility index (Phi) is 5.62. The van der Waals surface area contributed by atoms with Crippen LogP contribution in [0.15, 0.2) is 52.9 Å². The van der Waals surface area contributed by atoms with E-state index in [2.05, 4.69) is 0 Å². The van der Waals surface area contributed by atoms with Crippen molar-refractivity contribution in [3.8, 4) is 11.5 Å². The highest BCUT2D eigenvalue weighted by Crippen LogP contribution is 2.43. The largest absolute Gasteiger partial charge is 0.507 e. The maximum atomic E-state index is 13.7. The number of hydrogen-bond acceptors (Lipinski definition) is 5. The number of allylic oxidation sites excluding steroid dienone is 1. The third-order valence-electron chi connectivity index (χ3n) is 5.87. The number of hydrogen-bond donors (Lipinski definition) is 0. The maximum absolute atomic E-state index is 13.7. The molecule has 2 aliphatic rings. The Balaban J connectivity index is 1.86. The third-order valence-corrected chi connectivity index (χ3v) is 7.16. The number of rotatable bonds is 5. The summed E-state index contributed by atoms with van der Waals surface area (Å²) in [4.78, 5) is 29.6. The van der Waals surface area contributed by atoms with Gasteiger partial charge in [0.05, 0.1) is 14.2 Å². The minimum Gasteiger partial charge on any atom is -0.497 e. The van der Waals surface area contributed by atoms with E-state index in [0.717, 1.165) is 26.6 Å². The lowest BCUT2D eigenvalue weighted by Gasteiger charge is -2.26. The highest BCUT2D eigenvalue weighted by atomic mass is 32.2. The molecule has 0 spiro atoms. The zero-order valence-corrected chi connectivity index (χ0v) is 19.1. The number of anilines is 1. The van der Waals surface area contributed by atoms with Crippen molar-refractivity contribution in [3.63, 3.8) is 0 Å². The molecule has 1 atom stereocenters. The molecule has 7 heteroatoms. The van der Waals surface area contributed by atoms with Gasteiger partial charge in [-0.2, -0.15) is 9.37 Å². The van der Waals surface area contributed by atoms with E-state index >= 15 is 0 Å². The first-order chi connectivity index (χ1) is 14.9. The molecule has 0 bridgehead atoms. The smallest absolute Gasteiger partial charge is 0.497 e. The van der Waals surface area contributed by atoms with Crippen LogP contribution in [0.25, 0.3) is 0 Å². The summed E-state index contributed by atoms with van der Waals surface area (Å²) in [5.74, 6) is 0.263. The van der Waals surface area contributed by atoms with Crippen LogP contribution in [0, 0.1) is 12.8 Å². The van der Waals surface area contributed by atoms with Crippen molar-refractivity contribution in [2.75, 3.05) is 19.1 Å². The van der Waals surface area contributed by atoms with Crippen LogP contribution >= 0.6 is 11.8 Å². The number of fused-ring (bicyclic) bond motifs is 1. The molecule has 0 saturated carbocycles. The van der Waals surface area contributed by atoms with Crippen molar-refractivity contribution in [3.05, 3.63) is 64.1 Å². The van der Waals surface area contributed by atoms with Gasteiger partial charge in [0.15, 0.2) is 22.4 Å². The topological polar surface area (TPSA) is 58.8 Å². The molecular weight excluding hydrogens is 412 g/mol. The van der Waals surface area contributed by atoms with Gasteiger partial charge < -0.3 is 9.47 Å². The van der Waals surface area contributed by atoms with Crippen LogP contribution in [0.4, 0.5) is 10.5 Å². The first-order valence-corrected chi connectivity index (χ1v) is 10.8. The zero-order valence-electron chi connectivity index (χ0n) is 18.3. The Labute approximate surface area is 186 Å². The Bertz CT molecular complexity index is 1150. The standard InChI is InChI=1S/C24H25N2O4S/c1-14-8-6-7-9-17(14)13-25-23-21(15(2)16(3)31-23)22(27)26(24(25)28)19-11-10-18(29-4)12-20(19)30-5/h6-12,21H,13H2,1-5H3/q+1. The summed E-state index contributed by atoms with van der Waals surface area (Å²) >= 11 is 1.51. The Morgan fingerprint density at radius 2 is 1.77 bits per heavy atom. The van der Waals surface area contributed by atoms with Crippen molar-refractivity contribution >= 4 is 34.4 Å². The van der Waals surface area contributed by atoms with Crippen LogP contribution in [-0.4, -0.2) is 35.8 Å². The average molecular weight is 438 g/mol. The van der Waals surface area contributed by atoms with Gasteiger partial charge in [-0.05, 0) is 54.5 Å². The molecule has 2 aliphatic heterocycles. The molecule has 0 N–H and O–H groups in total. The van der Waals surface area contributed by atoms with Crippen molar-refractivity contribution in [1.29, 1.82) is 0 Å². The Morgan fingerprint density at radius 1 is 1.03 bits per heavy atom. The van der Waals surface area contributed by atoms with Crippen LogP contribution in [0.3, 0.4) is 0 Å². The van der Waals surface area contributed by atoms with Gasteiger partial charge in [0, 0.05) is 6.07 Å². The number of thioether (sulfide) groups is 1. The molecule has 31 heavy (non-hydrogen) atoms. The van der Waals surface area contributed by atoms with Gasteiger partial charge in [0.1, 0.15) is 12.3 Å². The van der Waals surface area contributed by atoms with E-state index in [1.807, 2.05) is 45.0 Å². The predicted octanol–water partition coefficient (Wildman–Crippen LogP) is 4.75. The van der Waals surface area contributed by atoms with Crippen molar-refractivity contribution < 1.29 is 23.6 Å². The zero-order chi connectivity index (χ0) is 22.3. The van der Waals surface area contributed by atoms with Crippen LogP contribution in [-0.2, 0) is 11.3 Å². The van der Waals surface area contributed by atoms with E-state index in [-0.39, 0.29) is 11.9 Å². The number of carbonyl (C=O) groups is 2. The number of methoxy groups -OCH3 is 2. The second kappa shape index (κ2) is 8.23. The third kappa shape index (κ3) is 3.53. The van der Waals surface area contributed by atoms with E-state index in [4.69, 9.17) is 9.47 Å². The van der Waals surface area contributed by atoms with E-state index in [9.17, 15) is 9.59 Å². The molecular formula is C24H25N2O4S+. The number of aryl methyl sites for hydroxylation is 1. The Morgan fingerprint density at radius 3 is 2.45 bits per heavy atom. The molecule has 2 aromatic carbocycles. The number of urea groups is 1. The molecule has 6 nitrogen and oxygen atoms in total. The normalized spacial score (nSPS) is 18.6. The van der Waals surface area contributed by atoms with Crippen molar-refractivity contribution in [2.45, 2.75) is 27.3 Å². The number of imide groups is 1. The van der Waals surface area contributed by atoms with Crippen molar-refractivity contribution in [1.82, 2.24) is 0 Å². The summed E-state index contributed by atoms with van der Waals surface area (Å²) in [6.07, 6.45) is 0. The maximum Gasteiger partial charge on any atom is 0.507 e. The second-order valence-corrected chi connectivity index (χ2v) is 8.85. The minimum atomic E-state index is -0.474. The highest BCUT2D eigenvalue weighted by molar-refractivity contribution is 8.17. The summed E-state index contributed by atoms with van der Waals surface area (Å²) in [5, 5.41) is 0.775. The fourth-order valence-electron chi connectivity index (χ4n) is 3.92. The molecule has 2 heterocycles. The predicted molar refractivity (Wildman–Crippen MR) is 122 cm³/mol. The highest BCUT2D eigenvalue weighted by Gasteiger charge is 2.53. The van der Waals surface area contributed by atoms with Crippen LogP contribution in [0.1, 0.15) is 25.0 Å². The van der Waals surface area contributed by atoms with Gasteiger partial charge in [0.2, 0.25) is 0 Å². The molecule has 4 rings (SSSR count). The molecule has 0 aromatic heterocycles. The number of carbonyl (C=O) groups excluding carboxylic acids is 2. The summed E-state index contributed by atoms with van der Waals surface area (Å²) < 4.78 is 12.5. The number of amides is 3. The van der Waals surface area contributed by atoms with Crippen LogP contribution in [0.2, 0.25) is 0 Å². The first-order valence-electron chi connectivity index (χ1n) is 10.0. The fourth-order valence-corrected chi connectivity index (χ4v) is 5.16. The van der Waals surface area contributed by atoms with E-state index in [1.54, 1.807) is 29.9 Å². The molecule has 0 fully saturated rings. The van der Waals surface area contributed by atoms with E-state index < -0.39 is 5.92 Å². The monoisotopic (exact) mass is 437 g/mol. The molecule has 160 valence electrons. The lowest BCUT2D eigenvalue weighted by atomic mass is 9.97. The summed E-state index contributed by atoms with van der Waals surface area (Å²) in [5.41, 5.74) is 3.53. The van der Waals surface area contributed by atoms with E-state index in [1.165, 1.54) is 23.8 Å². The van der Waals surface area contributed by atoms with Gasteiger partial charge in [-0.3, -0.25) is 0 Å². The van der Waals surface area contributed by atoms with Crippen LogP contribution in [0.5, 0.6) is 11.5 Å². The van der Waals surface area contributed by atoms with Gasteiger partial charge in [-0.25, -0.2) is 4.79 Å². The van der Waals surface area contributed by atoms with Gasteiger partial charge in [-0.1, -0.05) is 36.0 Å². The molecule has 2 aromatic rings. The first kappa shape index (κ1) is 21.2. The summed E-state index contributed by atoms with van der Waals surface area (Å²) in [7, 11) is 3.07. The quantitative estimate of drug-likeness (QED) is 0.632. The van der Waals surface area contributed by atoms with Crippen LogP contribution < -0.4 is 14.4 Å². The Hall–Kier alpha value is -3.06. The second-order valence-electron chi connectivity index (χ2n) is 7.62. The lowest BCUT2D eigenvalue weighted by Crippen LogP contribution is -2.53. The van der Waals surface area contributed by atoms with Gasteiger partial charge >= 0.3 is 11.9 Å². The number of ether oxygens (including phenoxy) is 2. The minimum absolute atomic E-state index is 0.258. The molecule has 1 unspecified atom stereocenters. The van der Waals surface area contributed by atoms with Crippen molar-refractivity contribution in [2.24, 2.45) is 5.92 Å². The molecule has 0 saturated heterocycles. The summed E-state index contributed by atoms with van der Waals surface area (Å²) in [6.45, 7) is 6.38. The SMILES string of the molecule is COc1ccc(N2C(=O)C3C(C)=C(C)SC3=[N+](Cc3ccccc3C)C2=O)c(OC)c1. The summed E-state index contributed by atoms with van der Waals surface area (Å²) in [6, 6.07) is 12.7. The van der Waals surface area contributed by atoms with Gasteiger partial charge in [0.25, 0.3) is 0 Å². The molecule has 0 aliphatic carbocycles. The molecule has 0 radical (unpaired) electrons. The van der Waals surface area contributed by atoms with Gasteiger partial charge in [-0.15, -0.1) is 4.90 Å². The molecule has 3 amide bonds. The fraction of sp³-hybridized carbons (Fsp3) is 0.292. The average Bonchev–Trinajstić information content (AvgIpc) is 3.07. The number of nitrogens with zero attached hydrogens (tertiary/aromatic N) is 2. The number of benzene rings is 2.